The van der Waals surface area contributed by atoms with Crippen LogP contribution in [-0.4, -0.2) is 44.6 Å². The predicted molar refractivity (Wildman–Crippen MR) is 87.9 cm³/mol. The fourth-order valence-electron chi connectivity index (χ4n) is 2.54. The maximum absolute atomic E-state index is 12.3. The molecule has 3 rings (SSSR count). The molecule has 1 aliphatic carbocycles. The van der Waals surface area contributed by atoms with Crippen molar-refractivity contribution in [1.82, 2.24) is 0 Å². The van der Waals surface area contributed by atoms with Gasteiger partial charge in [0.1, 0.15) is 5.25 Å². The second-order valence-corrected chi connectivity index (χ2v) is 6.37. The van der Waals surface area contributed by atoms with Crippen molar-refractivity contribution in [3.63, 3.8) is 0 Å². The molecule has 0 saturated heterocycles. The molecule has 5 heteroatoms. The maximum atomic E-state index is 12.3. The molecule has 2 aromatic carbocycles. The van der Waals surface area contributed by atoms with Crippen LogP contribution in [0.15, 0.2) is 55.1 Å². The van der Waals surface area contributed by atoms with E-state index in [0.29, 0.717) is 0 Å². The summed E-state index contributed by atoms with van der Waals surface area (Å²) in [6.45, 7) is 3.47. The van der Waals surface area contributed by atoms with E-state index in [1.54, 1.807) is 6.08 Å². The van der Waals surface area contributed by atoms with Gasteiger partial charge in [-0.15, -0.1) is 6.58 Å². The van der Waals surface area contributed by atoms with Crippen LogP contribution in [0.4, 0.5) is 0 Å². The van der Waals surface area contributed by atoms with E-state index in [1.165, 1.54) is 6.08 Å². The van der Waals surface area contributed by atoms with Gasteiger partial charge in [0.25, 0.3) is 10.1 Å². The Morgan fingerprint density at radius 3 is 2.62 bits per heavy atom. The van der Waals surface area contributed by atoms with Crippen molar-refractivity contribution in [3.8, 4) is 0 Å². The van der Waals surface area contributed by atoms with E-state index in [-0.39, 0.29) is 36.2 Å². The number of rotatable bonds is 4. The van der Waals surface area contributed by atoms with Crippen LogP contribution in [0.5, 0.6) is 0 Å². The monoisotopic (exact) mass is 310 g/mol. The van der Waals surface area contributed by atoms with E-state index in [1.807, 2.05) is 42.5 Å². The zero-order valence-electron chi connectivity index (χ0n) is 10.8. The minimum atomic E-state index is -3.69. The van der Waals surface area contributed by atoms with E-state index in [4.69, 9.17) is 4.18 Å². The third kappa shape index (κ3) is 3.00. The molecule has 1 aliphatic rings. The Kier molecular flexibility index (Phi) is 5.07. The summed E-state index contributed by atoms with van der Waals surface area (Å²) in [7, 11) is -3.69. The van der Waals surface area contributed by atoms with Crippen molar-refractivity contribution in [2.24, 2.45) is 0 Å². The quantitative estimate of drug-likeness (QED) is 0.495. The normalized spacial score (nSPS) is 16.5. The van der Waals surface area contributed by atoms with Crippen LogP contribution in [0.2, 0.25) is 0 Å². The molecule has 0 radical (unpaired) electrons. The van der Waals surface area contributed by atoms with E-state index in [2.05, 4.69) is 6.58 Å². The Balaban J connectivity index is 0.00000161. The summed E-state index contributed by atoms with van der Waals surface area (Å²) in [6, 6.07) is 11.6. The number of hydrogen-bond donors (Lipinski definition) is 0. The summed E-state index contributed by atoms with van der Waals surface area (Å²) < 4.78 is 29.5. The molecule has 0 bridgehead atoms. The summed E-state index contributed by atoms with van der Waals surface area (Å²) in [4.78, 5) is 0. The van der Waals surface area contributed by atoms with Crippen LogP contribution in [0.1, 0.15) is 16.4 Å². The molecule has 0 heterocycles. The van der Waals surface area contributed by atoms with Gasteiger partial charge in [-0.05, 0) is 21.9 Å². The predicted octanol–water partition coefficient (Wildman–Crippen LogP) is 2.79. The van der Waals surface area contributed by atoms with Crippen LogP contribution >= 0.6 is 0 Å². The first-order valence-electron chi connectivity index (χ1n) is 6.32. The zero-order chi connectivity index (χ0) is 14.2. The minimum absolute atomic E-state index is 0. The Labute approximate surface area is 146 Å². The van der Waals surface area contributed by atoms with Gasteiger partial charge in [-0.3, -0.25) is 4.18 Å². The average molecular weight is 310 g/mol. The molecule has 104 valence electrons. The number of benzene rings is 2. The van der Waals surface area contributed by atoms with Crippen molar-refractivity contribution < 1.29 is 12.6 Å². The van der Waals surface area contributed by atoms with E-state index >= 15 is 0 Å². The third-order valence-electron chi connectivity index (χ3n) is 3.39. The second kappa shape index (κ2) is 6.46. The Hall–Kier alpha value is -0.910. The van der Waals surface area contributed by atoms with Crippen LogP contribution < -0.4 is 0 Å². The summed E-state index contributed by atoms with van der Waals surface area (Å²) in [5.74, 6) is 0. The molecule has 2 aromatic rings. The molecule has 0 spiro atoms. The van der Waals surface area contributed by atoms with E-state index in [9.17, 15) is 8.42 Å². The first-order valence-corrected chi connectivity index (χ1v) is 7.79. The third-order valence-corrected chi connectivity index (χ3v) is 4.89. The van der Waals surface area contributed by atoms with Gasteiger partial charge in [0.15, 0.2) is 0 Å². The van der Waals surface area contributed by atoms with Crippen molar-refractivity contribution in [3.05, 3.63) is 66.3 Å². The summed E-state index contributed by atoms with van der Waals surface area (Å²) in [5.41, 5.74) is 1.80. The van der Waals surface area contributed by atoms with E-state index < -0.39 is 15.4 Å². The topological polar surface area (TPSA) is 43.4 Å². The summed E-state index contributed by atoms with van der Waals surface area (Å²) in [5, 5.41) is 1.25. The van der Waals surface area contributed by atoms with Crippen LogP contribution in [0.3, 0.4) is 0 Å². The van der Waals surface area contributed by atoms with Gasteiger partial charge in [0.05, 0.1) is 6.61 Å². The Morgan fingerprint density at radius 2 is 1.90 bits per heavy atom. The molecule has 21 heavy (non-hydrogen) atoms. The van der Waals surface area contributed by atoms with Crippen molar-refractivity contribution >= 4 is 56.5 Å². The van der Waals surface area contributed by atoms with Gasteiger partial charge in [-0.1, -0.05) is 54.6 Å². The molecule has 0 amide bonds. The molecular weight excluding hydrogens is 295 g/mol. The van der Waals surface area contributed by atoms with E-state index in [0.717, 1.165) is 21.9 Å². The second-order valence-electron chi connectivity index (χ2n) is 4.64. The first-order chi connectivity index (χ1) is 9.63. The SMILES string of the molecule is C=CCOS(=O)(=O)C1C=Cc2cccc3cccc1c23.[NaH]. The Morgan fingerprint density at radius 1 is 1.19 bits per heavy atom. The molecule has 0 aromatic heterocycles. The fraction of sp³-hybridized carbons (Fsp3) is 0.125. The molecule has 1 unspecified atom stereocenters. The standard InChI is InChI=1S/C16H14O3S.Na.H/c1-2-11-19-20(17,18)15-10-9-13-6-3-5-12-7-4-8-14(15)16(12)13;;/h2-10,15H,1,11H2;;. The van der Waals surface area contributed by atoms with Gasteiger partial charge in [-0.2, -0.15) is 8.42 Å². The fourth-order valence-corrected chi connectivity index (χ4v) is 3.75. The van der Waals surface area contributed by atoms with Crippen molar-refractivity contribution in [2.75, 3.05) is 6.61 Å². The molecule has 0 fully saturated rings. The average Bonchev–Trinajstić information content (AvgIpc) is 2.46. The molecule has 3 nitrogen and oxygen atoms in total. The van der Waals surface area contributed by atoms with Gasteiger partial charge in [0.2, 0.25) is 0 Å². The van der Waals surface area contributed by atoms with Crippen molar-refractivity contribution in [2.45, 2.75) is 5.25 Å². The van der Waals surface area contributed by atoms with Gasteiger partial charge in [0, 0.05) is 0 Å². The van der Waals surface area contributed by atoms with Gasteiger partial charge < -0.3 is 0 Å². The van der Waals surface area contributed by atoms with Gasteiger partial charge in [-0.25, -0.2) is 0 Å². The number of hydrogen-bond acceptors (Lipinski definition) is 3. The molecule has 0 N–H and O–H groups in total. The van der Waals surface area contributed by atoms with Crippen molar-refractivity contribution in [1.29, 1.82) is 0 Å². The van der Waals surface area contributed by atoms with Crippen LogP contribution in [0, 0.1) is 0 Å². The molecule has 0 aliphatic heterocycles. The van der Waals surface area contributed by atoms with Crippen LogP contribution in [0.25, 0.3) is 16.8 Å². The van der Waals surface area contributed by atoms with Gasteiger partial charge >= 0.3 is 29.6 Å². The first kappa shape index (κ1) is 16.5. The molecule has 1 atom stereocenters. The Bertz CT molecular complexity index is 804. The van der Waals surface area contributed by atoms with Crippen LogP contribution in [-0.2, 0) is 14.3 Å². The molecule has 0 saturated carbocycles. The summed E-state index contributed by atoms with van der Waals surface area (Å²) >= 11 is 0. The zero-order valence-corrected chi connectivity index (χ0v) is 11.6. The summed E-state index contributed by atoms with van der Waals surface area (Å²) in [6.07, 6.45) is 4.95. The molecular formula is C16H15NaO3S.